The highest BCUT2D eigenvalue weighted by atomic mass is 35.5. The summed E-state index contributed by atoms with van der Waals surface area (Å²) in [5, 5.41) is 0.716. The zero-order valence-electron chi connectivity index (χ0n) is 7.78. The first-order valence-corrected chi connectivity index (χ1v) is 5.00. The van der Waals surface area contributed by atoms with Gasteiger partial charge in [0.15, 0.2) is 0 Å². The highest BCUT2D eigenvalue weighted by molar-refractivity contribution is 6.30. The molecule has 0 atom stereocenters. The lowest BCUT2D eigenvalue weighted by molar-refractivity contribution is 0.816. The lowest BCUT2D eigenvalue weighted by Gasteiger charge is -1.91. The molecule has 4 heteroatoms. The van der Waals surface area contributed by atoms with Gasteiger partial charge < -0.3 is 10.1 Å². The minimum Gasteiger partial charge on any atom is -0.330 e. The summed E-state index contributed by atoms with van der Waals surface area (Å²) in [7, 11) is 0. The number of rotatable bonds is 3. The molecular weight excluding hydrogens is 198 g/mol. The number of aromatic nitrogens is 2. The standard InChI is InChI=1S/C10H12ClN3/c11-8-3-5-14-7-9(2-1-4-12)13-10(14)6-8/h3,5-7H,1-2,4,12H2. The van der Waals surface area contributed by atoms with Crippen molar-refractivity contribution in [2.24, 2.45) is 5.73 Å². The summed E-state index contributed by atoms with van der Waals surface area (Å²) >= 11 is 5.86. The minimum absolute atomic E-state index is 0.703. The van der Waals surface area contributed by atoms with Crippen LogP contribution in [0, 0.1) is 0 Å². The highest BCUT2D eigenvalue weighted by Gasteiger charge is 2.00. The van der Waals surface area contributed by atoms with Gasteiger partial charge in [-0.25, -0.2) is 4.98 Å². The van der Waals surface area contributed by atoms with Crippen molar-refractivity contribution >= 4 is 17.2 Å². The van der Waals surface area contributed by atoms with Gasteiger partial charge in [0.05, 0.1) is 5.69 Å². The number of fused-ring (bicyclic) bond motifs is 1. The molecule has 0 unspecified atom stereocenters. The van der Waals surface area contributed by atoms with Crippen molar-refractivity contribution in [1.29, 1.82) is 0 Å². The molecule has 0 radical (unpaired) electrons. The van der Waals surface area contributed by atoms with Crippen molar-refractivity contribution < 1.29 is 0 Å². The number of nitrogens with zero attached hydrogens (tertiary/aromatic N) is 2. The Labute approximate surface area is 87.5 Å². The monoisotopic (exact) mass is 209 g/mol. The molecule has 0 aliphatic heterocycles. The molecule has 0 bridgehead atoms. The number of pyridine rings is 1. The molecule has 2 heterocycles. The molecule has 0 spiro atoms. The summed E-state index contributed by atoms with van der Waals surface area (Å²) in [5.41, 5.74) is 7.40. The highest BCUT2D eigenvalue weighted by Crippen LogP contribution is 2.12. The van der Waals surface area contributed by atoms with Crippen molar-refractivity contribution in [3.8, 4) is 0 Å². The molecular formula is C10H12ClN3. The number of imidazole rings is 1. The van der Waals surface area contributed by atoms with Gasteiger partial charge in [-0.3, -0.25) is 0 Å². The van der Waals surface area contributed by atoms with Crippen LogP contribution in [-0.4, -0.2) is 15.9 Å². The SMILES string of the molecule is NCCCc1cn2ccc(Cl)cc2n1. The van der Waals surface area contributed by atoms with Crippen molar-refractivity contribution in [2.75, 3.05) is 6.54 Å². The molecule has 0 aromatic carbocycles. The van der Waals surface area contributed by atoms with Gasteiger partial charge in [0.25, 0.3) is 0 Å². The van der Waals surface area contributed by atoms with Crippen molar-refractivity contribution in [1.82, 2.24) is 9.38 Å². The normalized spacial score (nSPS) is 11.0. The van der Waals surface area contributed by atoms with E-state index in [1.165, 1.54) is 0 Å². The van der Waals surface area contributed by atoms with Gasteiger partial charge >= 0.3 is 0 Å². The van der Waals surface area contributed by atoms with Gasteiger partial charge in [-0.1, -0.05) is 11.6 Å². The first-order valence-electron chi connectivity index (χ1n) is 4.63. The second-order valence-corrected chi connectivity index (χ2v) is 3.67. The van der Waals surface area contributed by atoms with Crippen LogP contribution in [0.1, 0.15) is 12.1 Å². The van der Waals surface area contributed by atoms with Crippen LogP contribution in [0.4, 0.5) is 0 Å². The zero-order valence-corrected chi connectivity index (χ0v) is 8.54. The topological polar surface area (TPSA) is 43.3 Å². The van der Waals surface area contributed by atoms with E-state index in [4.69, 9.17) is 17.3 Å². The van der Waals surface area contributed by atoms with Gasteiger partial charge in [-0.15, -0.1) is 0 Å². The van der Waals surface area contributed by atoms with Gasteiger partial charge in [0.2, 0.25) is 0 Å². The van der Waals surface area contributed by atoms with Crippen LogP contribution in [0.15, 0.2) is 24.5 Å². The molecule has 14 heavy (non-hydrogen) atoms. The molecule has 0 saturated heterocycles. The van der Waals surface area contributed by atoms with Gasteiger partial charge in [0.1, 0.15) is 5.65 Å². The fourth-order valence-electron chi connectivity index (χ4n) is 1.41. The number of nitrogens with two attached hydrogens (primary N) is 1. The number of hydrogen-bond donors (Lipinski definition) is 1. The van der Waals surface area contributed by atoms with Crippen molar-refractivity contribution in [3.05, 3.63) is 35.2 Å². The molecule has 0 amide bonds. The van der Waals surface area contributed by atoms with Crippen LogP contribution < -0.4 is 5.73 Å². The van der Waals surface area contributed by atoms with E-state index in [9.17, 15) is 0 Å². The van der Waals surface area contributed by atoms with Crippen LogP contribution in [0.2, 0.25) is 5.02 Å². The fourth-order valence-corrected chi connectivity index (χ4v) is 1.57. The quantitative estimate of drug-likeness (QED) is 0.839. The predicted molar refractivity (Wildman–Crippen MR) is 57.6 cm³/mol. The Balaban J connectivity index is 2.32. The Bertz CT molecular complexity index is 436. The summed E-state index contributed by atoms with van der Waals surface area (Å²) < 4.78 is 1.97. The van der Waals surface area contributed by atoms with Crippen molar-refractivity contribution in [2.45, 2.75) is 12.8 Å². The first kappa shape index (κ1) is 9.49. The first-order chi connectivity index (χ1) is 6.79. The van der Waals surface area contributed by atoms with Crippen LogP contribution in [0.25, 0.3) is 5.65 Å². The number of hydrogen-bond acceptors (Lipinski definition) is 2. The maximum Gasteiger partial charge on any atom is 0.138 e. The molecule has 0 fully saturated rings. The van der Waals surface area contributed by atoms with Gasteiger partial charge in [-0.2, -0.15) is 0 Å². The molecule has 2 rings (SSSR count). The largest absolute Gasteiger partial charge is 0.330 e. The van der Waals surface area contributed by atoms with Gasteiger partial charge in [-0.05, 0) is 31.5 Å². The molecule has 0 aliphatic carbocycles. The molecule has 2 aromatic heterocycles. The third-order valence-corrected chi connectivity index (χ3v) is 2.34. The maximum atomic E-state index is 5.86. The van der Waals surface area contributed by atoms with Crippen LogP contribution in [0.3, 0.4) is 0 Å². The summed E-state index contributed by atoms with van der Waals surface area (Å²) in [4.78, 5) is 4.43. The average Bonchev–Trinajstić information content (AvgIpc) is 2.56. The summed E-state index contributed by atoms with van der Waals surface area (Å²) in [5.74, 6) is 0. The van der Waals surface area contributed by atoms with Gasteiger partial charge in [0, 0.05) is 17.4 Å². The van der Waals surface area contributed by atoms with Crippen molar-refractivity contribution in [3.63, 3.8) is 0 Å². The Morgan fingerprint density at radius 2 is 2.36 bits per heavy atom. The van der Waals surface area contributed by atoms with Crippen LogP contribution in [-0.2, 0) is 6.42 Å². The zero-order chi connectivity index (χ0) is 9.97. The third kappa shape index (κ3) is 1.89. The van der Waals surface area contributed by atoms with Crippen LogP contribution in [0.5, 0.6) is 0 Å². The van der Waals surface area contributed by atoms with E-state index < -0.39 is 0 Å². The maximum absolute atomic E-state index is 5.86. The van der Waals surface area contributed by atoms with E-state index in [1.54, 1.807) is 0 Å². The van der Waals surface area contributed by atoms with Crippen LogP contribution >= 0.6 is 11.6 Å². The Morgan fingerprint density at radius 1 is 1.50 bits per heavy atom. The third-order valence-electron chi connectivity index (χ3n) is 2.11. The molecule has 2 aromatic rings. The van der Waals surface area contributed by atoms with E-state index >= 15 is 0 Å². The predicted octanol–water partition coefficient (Wildman–Crippen LogP) is 1.88. The fraction of sp³-hybridized carbons (Fsp3) is 0.300. The lowest BCUT2D eigenvalue weighted by atomic mass is 10.2. The van der Waals surface area contributed by atoms with E-state index in [1.807, 2.05) is 28.9 Å². The molecule has 2 N–H and O–H groups in total. The second kappa shape index (κ2) is 3.98. The Hall–Kier alpha value is -1.06. The minimum atomic E-state index is 0.703. The molecule has 0 saturated carbocycles. The summed E-state index contributed by atoms with van der Waals surface area (Å²) in [6, 6.07) is 3.70. The van der Waals surface area contributed by atoms with E-state index in [2.05, 4.69) is 4.98 Å². The molecule has 74 valence electrons. The lowest BCUT2D eigenvalue weighted by Crippen LogP contribution is -2.00. The number of halogens is 1. The Kier molecular flexibility index (Phi) is 2.70. The Morgan fingerprint density at radius 3 is 3.14 bits per heavy atom. The van der Waals surface area contributed by atoms with E-state index in [0.717, 1.165) is 24.2 Å². The number of aryl methyl sites for hydroxylation is 1. The average molecular weight is 210 g/mol. The summed E-state index contributed by atoms with van der Waals surface area (Å²) in [6.07, 6.45) is 5.82. The van der Waals surface area contributed by atoms with E-state index in [0.29, 0.717) is 11.6 Å². The van der Waals surface area contributed by atoms with E-state index in [-0.39, 0.29) is 0 Å². The molecule has 3 nitrogen and oxygen atoms in total. The molecule has 0 aliphatic rings. The second-order valence-electron chi connectivity index (χ2n) is 3.23. The smallest absolute Gasteiger partial charge is 0.138 e. The summed E-state index contributed by atoms with van der Waals surface area (Å²) in [6.45, 7) is 0.703.